The second-order valence-electron chi connectivity index (χ2n) is 11.7. The van der Waals surface area contributed by atoms with Crippen molar-refractivity contribution in [3.8, 4) is 0 Å². The second kappa shape index (κ2) is 12.9. The van der Waals surface area contributed by atoms with Crippen molar-refractivity contribution in [2.75, 3.05) is 19.6 Å². The molecule has 1 amide bonds. The number of nitrogens with one attached hydrogen (secondary N) is 1. The molecule has 2 aliphatic rings. The van der Waals surface area contributed by atoms with Crippen LogP contribution in [0.15, 0.2) is 84.9 Å². The van der Waals surface area contributed by atoms with Gasteiger partial charge in [-0.25, -0.2) is 0 Å². The van der Waals surface area contributed by atoms with Crippen LogP contribution in [0.1, 0.15) is 90.9 Å². The van der Waals surface area contributed by atoms with Crippen LogP contribution in [0.4, 0.5) is 0 Å². The molecule has 208 valence electrons. The fraction of sp³-hybridized carbons (Fsp3) is 0.417. The molecule has 2 heterocycles. The van der Waals surface area contributed by atoms with Crippen molar-refractivity contribution in [1.82, 2.24) is 14.8 Å². The number of unbranched alkanes of at least 4 members (excludes halogenated alkanes) is 1. The summed E-state index contributed by atoms with van der Waals surface area (Å²) in [5.74, 6) is 0.0692. The first-order chi connectivity index (χ1) is 19.8. The standard InChI is InChI=1S/C36H43N3O/c40-36(37-30-20-8-3-9-21-30)35-34(33(28-16-4-1-5-17-28)29-18-6-2-7-19-29)31-22-10-11-23-32(31)39(35)27-15-14-26-38-24-12-13-25-38/h1-2,4-7,10-11,16-19,22-23,30,33H,3,8-9,12-15,20-21,24-27H2,(H,37,40). The van der Waals surface area contributed by atoms with Crippen LogP contribution in [-0.4, -0.2) is 41.1 Å². The maximum Gasteiger partial charge on any atom is 0.268 e. The van der Waals surface area contributed by atoms with E-state index in [-0.39, 0.29) is 17.9 Å². The lowest BCUT2D eigenvalue weighted by Gasteiger charge is -2.25. The number of aromatic nitrogens is 1. The van der Waals surface area contributed by atoms with Crippen molar-refractivity contribution in [3.05, 3.63) is 107 Å². The minimum absolute atomic E-state index is 0.0229. The van der Waals surface area contributed by atoms with Gasteiger partial charge in [0.1, 0.15) is 5.69 Å². The Morgan fingerprint density at radius 1 is 0.725 bits per heavy atom. The van der Waals surface area contributed by atoms with Crippen LogP contribution < -0.4 is 5.32 Å². The normalized spacial score (nSPS) is 16.6. The summed E-state index contributed by atoms with van der Waals surface area (Å²) in [7, 11) is 0. The maximum atomic E-state index is 14.4. The average Bonchev–Trinajstić information content (AvgIpc) is 3.64. The first-order valence-corrected chi connectivity index (χ1v) is 15.5. The number of carbonyl (C=O) groups excluding carboxylic acids is 1. The van der Waals surface area contributed by atoms with Gasteiger partial charge in [-0.05, 0) is 75.4 Å². The fourth-order valence-corrected chi connectivity index (χ4v) is 7.03. The highest BCUT2D eigenvalue weighted by molar-refractivity contribution is 6.03. The van der Waals surface area contributed by atoms with Crippen LogP contribution in [0.2, 0.25) is 0 Å². The van der Waals surface area contributed by atoms with Crippen molar-refractivity contribution in [2.24, 2.45) is 0 Å². The molecule has 40 heavy (non-hydrogen) atoms. The van der Waals surface area contributed by atoms with Gasteiger partial charge in [0, 0.05) is 35.0 Å². The summed E-state index contributed by atoms with van der Waals surface area (Å²) >= 11 is 0. The number of fused-ring (bicyclic) bond motifs is 1. The molecule has 4 heteroatoms. The molecule has 4 aromatic rings. The van der Waals surface area contributed by atoms with Gasteiger partial charge in [-0.2, -0.15) is 0 Å². The molecular formula is C36H43N3O. The number of hydrogen-bond donors (Lipinski definition) is 1. The topological polar surface area (TPSA) is 37.3 Å². The van der Waals surface area contributed by atoms with Crippen LogP contribution in [0.25, 0.3) is 10.9 Å². The summed E-state index contributed by atoms with van der Waals surface area (Å²) in [4.78, 5) is 17.0. The molecule has 0 unspecified atom stereocenters. The van der Waals surface area contributed by atoms with Gasteiger partial charge < -0.3 is 14.8 Å². The van der Waals surface area contributed by atoms with E-state index < -0.39 is 0 Å². The van der Waals surface area contributed by atoms with Crippen molar-refractivity contribution >= 4 is 16.8 Å². The van der Waals surface area contributed by atoms with E-state index in [1.807, 2.05) is 0 Å². The van der Waals surface area contributed by atoms with Crippen LogP contribution in [0.3, 0.4) is 0 Å². The van der Waals surface area contributed by atoms with Gasteiger partial charge in [0.15, 0.2) is 0 Å². The highest BCUT2D eigenvalue weighted by atomic mass is 16.2. The van der Waals surface area contributed by atoms with E-state index in [2.05, 4.69) is 99.7 Å². The van der Waals surface area contributed by atoms with Crippen LogP contribution in [0.5, 0.6) is 0 Å². The number of hydrogen-bond acceptors (Lipinski definition) is 2. The number of nitrogens with zero attached hydrogens (tertiary/aromatic N) is 2. The molecule has 6 rings (SSSR count). The Bertz CT molecular complexity index is 1340. The molecule has 2 fully saturated rings. The minimum Gasteiger partial charge on any atom is -0.348 e. The van der Waals surface area contributed by atoms with E-state index in [9.17, 15) is 4.79 Å². The number of rotatable bonds is 10. The molecule has 0 radical (unpaired) electrons. The zero-order chi connectivity index (χ0) is 27.1. The Morgan fingerprint density at radius 3 is 2.00 bits per heavy atom. The molecule has 0 bridgehead atoms. The summed E-state index contributed by atoms with van der Waals surface area (Å²) in [5, 5.41) is 4.69. The number of para-hydroxylation sites is 1. The summed E-state index contributed by atoms with van der Waals surface area (Å²) < 4.78 is 2.35. The van der Waals surface area contributed by atoms with E-state index in [0.29, 0.717) is 0 Å². The molecular weight excluding hydrogens is 490 g/mol. The summed E-state index contributed by atoms with van der Waals surface area (Å²) in [6.45, 7) is 4.49. The van der Waals surface area contributed by atoms with E-state index >= 15 is 0 Å². The molecule has 1 aliphatic carbocycles. The SMILES string of the molecule is O=C(NC1CCCCC1)c1c(C(c2ccccc2)c2ccccc2)c2ccccc2n1CCCCN1CCCC1. The van der Waals surface area contributed by atoms with Crippen molar-refractivity contribution in [2.45, 2.75) is 76.3 Å². The third kappa shape index (κ3) is 5.88. The van der Waals surface area contributed by atoms with Crippen LogP contribution >= 0.6 is 0 Å². The van der Waals surface area contributed by atoms with Gasteiger partial charge >= 0.3 is 0 Å². The lowest BCUT2D eigenvalue weighted by molar-refractivity contribution is 0.0917. The Labute approximate surface area is 239 Å². The van der Waals surface area contributed by atoms with Gasteiger partial charge in [-0.1, -0.05) is 98.1 Å². The zero-order valence-corrected chi connectivity index (χ0v) is 23.7. The molecule has 1 saturated heterocycles. The highest BCUT2D eigenvalue weighted by Gasteiger charge is 2.31. The Hall–Kier alpha value is -3.37. The molecule has 1 N–H and O–H groups in total. The number of benzene rings is 3. The molecule has 4 nitrogen and oxygen atoms in total. The molecule has 3 aromatic carbocycles. The van der Waals surface area contributed by atoms with Gasteiger partial charge in [0.2, 0.25) is 0 Å². The third-order valence-electron chi connectivity index (χ3n) is 9.02. The van der Waals surface area contributed by atoms with Gasteiger partial charge in [-0.15, -0.1) is 0 Å². The Balaban J connectivity index is 1.45. The molecule has 0 spiro atoms. The first-order valence-electron chi connectivity index (χ1n) is 15.5. The Kier molecular flexibility index (Phi) is 8.63. The van der Waals surface area contributed by atoms with Gasteiger partial charge in [-0.3, -0.25) is 4.79 Å². The van der Waals surface area contributed by atoms with Crippen molar-refractivity contribution in [3.63, 3.8) is 0 Å². The number of likely N-dealkylation sites (tertiary alicyclic amines) is 1. The first kappa shape index (κ1) is 26.8. The largest absolute Gasteiger partial charge is 0.348 e. The lowest BCUT2D eigenvalue weighted by Crippen LogP contribution is -2.38. The molecule has 0 atom stereocenters. The third-order valence-corrected chi connectivity index (χ3v) is 9.02. The number of amides is 1. The van der Waals surface area contributed by atoms with Crippen molar-refractivity contribution in [1.29, 1.82) is 0 Å². The number of aryl methyl sites for hydroxylation is 1. The Morgan fingerprint density at radius 2 is 1.32 bits per heavy atom. The predicted molar refractivity (Wildman–Crippen MR) is 165 cm³/mol. The zero-order valence-electron chi connectivity index (χ0n) is 23.7. The fourth-order valence-electron chi connectivity index (χ4n) is 7.03. The van der Waals surface area contributed by atoms with Crippen LogP contribution in [-0.2, 0) is 6.54 Å². The van der Waals surface area contributed by atoms with E-state index in [1.165, 1.54) is 67.2 Å². The van der Waals surface area contributed by atoms with E-state index in [1.54, 1.807) is 0 Å². The smallest absolute Gasteiger partial charge is 0.268 e. The van der Waals surface area contributed by atoms with Gasteiger partial charge in [0.25, 0.3) is 5.91 Å². The van der Waals surface area contributed by atoms with Crippen molar-refractivity contribution < 1.29 is 4.79 Å². The summed E-state index contributed by atoms with van der Waals surface area (Å²) in [6, 6.07) is 30.4. The summed E-state index contributed by atoms with van der Waals surface area (Å²) in [5.41, 5.74) is 5.60. The highest BCUT2D eigenvalue weighted by Crippen LogP contribution is 2.40. The second-order valence-corrected chi connectivity index (χ2v) is 11.7. The summed E-state index contributed by atoms with van der Waals surface area (Å²) in [6.07, 6.45) is 10.7. The molecule has 1 aromatic heterocycles. The minimum atomic E-state index is -0.0229. The molecule has 1 aliphatic heterocycles. The average molecular weight is 534 g/mol. The number of carbonyl (C=O) groups is 1. The quantitative estimate of drug-likeness (QED) is 0.212. The monoisotopic (exact) mass is 533 g/mol. The van der Waals surface area contributed by atoms with E-state index in [4.69, 9.17) is 0 Å². The predicted octanol–water partition coefficient (Wildman–Crippen LogP) is 7.76. The molecule has 1 saturated carbocycles. The maximum absolute atomic E-state index is 14.4. The van der Waals surface area contributed by atoms with Crippen LogP contribution in [0, 0.1) is 0 Å². The lowest BCUT2D eigenvalue weighted by atomic mass is 9.83. The van der Waals surface area contributed by atoms with E-state index in [0.717, 1.165) is 50.0 Å². The van der Waals surface area contributed by atoms with Gasteiger partial charge in [0.05, 0.1) is 0 Å².